The van der Waals surface area contributed by atoms with Crippen molar-refractivity contribution in [1.82, 2.24) is 9.71 Å². The average molecular weight is 385 g/mol. The molecule has 1 aromatic rings. The molecule has 0 unspecified atom stereocenters. The highest BCUT2D eigenvalue weighted by atomic mass is 32.2. The van der Waals surface area contributed by atoms with E-state index in [9.17, 15) is 4.55 Å². The summed E-state index contributed by atoms with van der Waals surface area (Å²) in [5.74, 6) is 0. The van der Waals surface area contributed by atoms with E-state index in [-0.39, 0.29) is 15.8 Å². The predicted octanol–water partition coefficient (Wildman–Crippen LogP) is 4.46. The highest BCUT2D eigenvalue weighted by molar-refractivity contribution is 7.90. The second-order valence-electron chi connectivity index (χ2n) is 9.12. The van der Waals surface area contributed by atoms with Crippen molar-refractivity contribution in [2.75, 3.05) is 6.61 Å². The standard InChI is InChI=1S/C19H36N2O2SSi/c1-18(2,3)24(22)21-17(15-16-11-9-10-13-20-16)12-14-23-25(7,8)19(4,5)6/h9-11,13,17,21H,12,14-15H2,1-8H3/t17-,24+/m0/s1. The van der Waals surface area contributed by atoms with E-state index < -0.39 is 19.7 Å². The Bertz CT molecular complexity index is 512. The fourth-order valence-electron chi connectivity index (χ4n) is 1.97. The lowest BCUT2D eigenvalue weighted by Crippen LogP contribution is -2.47. The van der Waals surface area contributed by atoms with E-state index >= 15 is 0 Å². The third-order valence-corrected chi connectivity index (χ3v) is 10.9. The smallest absolute Gasteiger partial charge is 0.191 e. The summed E-state index contributed by atoms with van der Waals surface area (Å²) < 4.78 is 21.8. The summed E-state index contributed by atoms with van der Waals surface area (Å²) in [7, 11) is -1.76. The minimum atomic E-state index is -1.76. The largest absolute Gasteiger partial charge is 0.598 e. The molecule has 25 heavy (non-hydrogen) atoms. The minimum absolute atomic E-state index is 0.0831. The zero-order valence-electron chi connectivity index (χ0n) is 17.2. The van der Waals surface area contributed by atoms with E-state index in [0.29, 0.717) is 6.61 Å². The molecule has 1 rings (SSSR count). The van der Waals surface area contributed by atoms with Crippen LogP contribution < -0.4 is 4.72 Å². The van der Waals surface area contributed by atoms with Crippen LogP contribution in [0, 0.1) is 0 Å². The number of pyridine rings is 1. The summed E-state index contributed by atoms with van der Waals surface area (Å²) in [6.45, 7) is 17.9. The molecule has 0 saturated heterocycles. The van der Waals surface area contributed by atoms with Gasteiger partial charge in [0.25, 0.3) is 0 Å². The fraction of sp³-hybridized carbons (Fsp3) is 0.737. The number of rotatable bonds is 8. The van der Waals surface area contributed by atoms with Gasteiger partial charge in [-0.3, -0.25) is 4.98 Å². The van der Waals surface area contributed by atoms with Crippen molar-refractivity contribution in [3.05, 3.63) is 30.1 Å². The Kier molecular flexibility index (Phi) is 8.15. The highest BCUT2D eigenvalue weighted by Gasteiger charge is 2.37. The molecule has 0 amide bonds. The van der Waals surface area contributed by atoms with E-state index in [1.165, 1.54) is 0 Å². The SMILES string of the molecule is CC(C)(C)[S@@+]([O-])N[C@@H](CCO[Si](C)(C)C(C)(C)C)Cc1ccccn1. The van der Waals surface area contributed by atoms with E-state index in [4.69, 9.17) is 4.43 Å². The molecule has 0 radical (unpaired) electrons. The van der Waals surface area contributed by atoms with Crippen molar-refractivity contribution in [3.63, 3.8) is 0 Å². The summed E-state index contributed by atoms with van der Waals surface area (Å²) in [6, 6.07) is 6.01. The normalized spacial score (nSPS) is 15.9. The van der Waals surface area contributed by atoms with Gasteiger partial charge in [-0.05, 0) is 57.5 Å². The number of nitrogens with one attached hydrogen (secondary N) is 1. The van der Waals surface area contributed by atoms with Crippen LogP contribution in [0.1, 0.15) is 53.7 Å². The number of nitrogens with zero attached hydrogens (tertiary/aromatic N) is 1. The van der Waals surface area contributed by atoms with E-state index in [1.807, 2.05) is 39.0 Å². The number of aromatic nitrogens is 1. The van der Waals surface area contributed by atoms with Gasteiger partial charge in [-0.2, -0.15) is 0 Å². The van der Waals surface area contributed by atoms with Gasteiger partial charge in [0, 0.05) is 36.3 Å². The Hall–Kier alpha value is -0.403. The van der Waals surface area contributed by atoms with Crippen LogP contribution in [0.2, 0.25) is 18.1 Å². The van der Waals surface area contributed by atoms with Crippen molar-refractivity contribution in [2.24, 2.45) is 0 Å². The van der Waals surface area contributed by atoms with Gasteiger partial charge >= 0.3 is 0 Å². The fourth-order valence-corrected chi connectivity index (χ4v) is 3.89. The maximum atomic E-state index is 12.5. The van der Waals surface area contributed by atoms with E-state index in [0.717, 1.165) is 18.5 Å². The molecule has 0 aromatic carbocycles. The van der Waals surface area contributed by atoms with Crippen LogP contribution in [0.4, 0.5) is 0 Å². The van der Waals surface area contributed by atoms with Crippen molar-refractivity contribution in [3.8, 4) is 0 Å². The molecule has 1 N–H and O–H groups in total. The van der Waals surface area contributed by atoms with Crippen LogP contribution in [0.25, 0.3) is 0 Å². The molecule has 4 nitrogen and oxygen atoms in total. The monoisotopic (exact) mass is 384 g/mol. The first-order valence-electron chi connectivity index (χ1n) is 9.05. The maximum Gasteiger partial charge on any atom is 0.191 e. The summed E-state index contributed by atoms with van der Waals surface area (Å²) in [5.41, 5.74) is 1.01. The third kappa shape index (κ3) is 7.79. The Morgan fingerprint density at radius 3 is 2.32 bits per heavy atom. The Balaban J connectivity index is 2.71. The van der Waals surface area contributed by atoms with Gasteiger partial charge < -0.3 is 8.98 Å². The molecule has 0 aliphatic heterocycles. The highest BCUT2D eigenvalue weighted by Crippen LogP contribution is 2.36. The molecule has 0 saturated carbocycles. The molecular weight excluding hydrogens is 348 g/mol. The zero-order chi connectivity index (χ0) is 19.3. The van der Waals surface area contributed by atoms with Gasteiger partial charge in [0.1, 0.15) is 4.75 Å². The summed E-state index contributed by atoms with van der Waals surface area (Å²) in [5, 5.41) is 0.200. The van der Waals surface area contributed by atoms with E-state index in [1.54, 1.807) is 6.20 Å². The second-order valence-corrected chi connectivity index (χ2v) is 15.9. The van der Waals surface area contributed by atoms with Crippen molar-refractivity contribution in [1.29, 1.82) is 0 Å². The predicted molar refractivity (Wildman–Crippen MR) is 111 cm³/mol. The Morgan fingerprint density at radius 1 is 1.20 bits per heavy atom. The van der Waals surface area contributed by atoms with Gasteiger partial charge in [0.15, 0.2) is 8.32 Å². The van der Waals surface area contributed by atoms with Gasteiger partial charge in [0.2, 0.25) is 0 Å². The molecule has 0 spiro atoms. The first-order chi connectivity index (χ1) is 11.3. The minimum Gasteiger partial charge on any atom is -0.598 e. The van der Waals surface area contributed by atoms with E-state index in [2.05, 4.69) is 43.6 Å². The molecule has 1 aromatic heterocycles. The molecule has 144 valence electrons. The van der Waals surface area contributed by atoms with Crippen molar-refractivity contribution in [2.45, 2.75) is 83.3 Å². The van der Waals surface area contributed by atoms with Gasteiger partial charge in [-0.25, -0.2) is 0 Å². The molecule has 0 aliphatic carbocycles. The van der Waals surface area contributed by atoms with Crippen molar-refractivity contribution >= 4 is 19.7 Å². The van der Waals surface area contributed by atoms with Crippen LogP contribution in [0.3, 0.4) is 0 Å². The summed E-state index contributed by atoms with van der Waals surface area (Å²) >= 11 is -1.10. The lowest BCUT2D eigenvalue weighted by atomic mass is 10.1. The molecule has 2 atom stereocenters. The van der Waals surface area contributed by atoms with Crippen LogP contribution in [0.15, 0.2) is 24.4 Å². The summed E-state index contributed by atoms with van der Waals surface area (Å²) in [6.07, 6.45) is 3.38. The molecule has 0 bridgehead atoms. The molecule has 1 heterocycles. The van der Waals surface area contributed by atoms with Gasteiger partial charge in [-0.15, -0.1) is 4.72 Å². The topological polar surface area (TPSA) is 57.2 Å². The second kappa shape index (κ2) is 9.00. The molecule has 6 heteroatoms. The molecule has 0 fully saturated rings. The summed E-state index contributed by atoms with van der Waals surface area (Å²) in [4.78, 5) is 4.41. The van der Waals surface area contributed by atoms with Gasteiger partial charge in [-0.1, -0.05) is 26.8 Å². The number of hydrogen-bond acceptors (Lipinski definition) is 4. The average Bonchev–Trinajstić information content (AvgIpc) is 2.45. The van der Waals surface area contributed by atoms with Crippen LogP contribution in [-0.4, -0.2) is 35.2 Å². The molecule has 0 aliphatic rings. The van der Waals surface area contributed by atoms with Crippen LogP contribution in [-0.2, 0) is 22.2 Å². The maximum absolute atomic E-state index is 12.5. The van der Waals surface area contributed by atoms with Crippen molar-refractivity contribution < 1.29 is 8.98 Å². The quantitative estimate of drug-likeness (QED) is 0.531. The van der Waals surface area contributed by atoms with Crippen LogP contribution in [0.5, 0.6) is 0 Å². The molecular formula is C19H36N2O2SSi. The third-order valence-electron chi connectivity index (χ3n) is 4.75. The lowest BCUT2D eigenvalue weighted by Gasteiger charge is -2.36. The zero-order valence-corrected chi connectivity index (χ0v) is 19.0. The van der Waals surface area contributed by atoms with Gasteiger partial charge in [0.05, 0.1) is 6.04 Å². The van der Waals surface area contributed by atoms with Crippen LogP contribution >= 0.6 is 0 Å². The number of hydrogen-bond donors (Lipinski definition) is 1. The Labute approximate surface area is 158 Å². The lowest BCUT2D eigenvalue weighted by molar-refractivity contribution is 0.267. The first kappa shape index (κ1) is 22.6. The Morgan fingerprint density at radius 2 is 1.84 bits per heavy atom. The first-order valence-corrected chi connectivity index (χ1v) is 13.1.